The number of nitrogens with one attached hydrogen (secondary N) is 1. The number of piperidine rings is 1. The lowest BCUT2D eigenvalue weighted by Gasteiger charge is -2.48. The molecule has 1 spiro atoms. The van der Waals surface area contributed by atoms with Gasteiger partial charge in [-0.05, 0) is 68.6 Å². The summed E-state index contributed by atoms with van der Waals surface area (Å²) in [7, 11) is 0. The van der Waals surface area contributed by atoms with Crippen molar-refractivity contribution in [3.05, 3.63) is 47.8 Å². The maximum atomic E-state index is 12.7. The average Bonchev–Trinajstić information content (AvgIpc) is 2.73. The minimum Gasteiger partial charge on any atom is -0.341 e. The molecule has 2 heterocycles. The van der Waals surface area contributed by atoms with Gasteiger partial charge in [0.1, 0.15) is 6.04 Å². The Hall–Kier alpha value is -2.43. The first kappa shape index (κ1) is 18.9. The summed E-state index contributed by atoms with van der Waals surface area (Å²) in [6.07, 6.45) is 16.2. The predicted molar refractivity (Wildman–Crippen MR) is 110 cm³/mol. The van der Waals surface area contributed by atoms with E-state index in [-0.39, 0.29) is 11.8 Å². The zero-order valence-corrected chi connectivity index (χ0v) is 16.6. The van der Waals surface area contributed by atoms with Gasteiger partial charge < -0.3 is 10.2 Å². The van der Waals surface area contributed by atoms with Gasteiger partial charge in [-0.15, -0.1) is 0 Å². The van der Waals surface area contributed by atoms with Crippen LogP contribution in [0.3, 0.4) is 0 Å². The summed E-state index contributed by atoms with van der Waals surface area (Å²) < 4.78 is 0. The van der Waals surface area contributed by atoms with Crippen LogP contribution in [-0.4, -0.2) is 40.8 Å². The Kier molecular flexibility index (Phi) is 5.33. The SMILES string of the molecule is CC(NC(=O)c1ccc(C2=CCCC=C2)nc1)C(=O)N1CCC2(CCC2)CC1. The first-order chi connectivity index (χ1) is 13.6. The van der Waals surface area contributed by atoms with Crippen molar-refractivity contribution < 1.29 is 9.59 Å². The minimum absolute atomic E-state index is 0.0181. The molecule has 1 aromatic heterocycles. The average molecular weight is 380 g/mol. The molecule has 5 nitrogen and oxygen atoms in total. The molecule has 0 aromatic carbocycles. The van der Waals surface area contributed by atoms with Crippen LogP contribution in [0, 0.1) is 5.41 Å². The summed E-state index contributed by atoms with van der Waals surface area (Å²) >= 11 is 0. The summed E-state index contributed by atoms with van der Waals surface area (Å²) in [5.74, 6) is -0.231. The quantitative estimate of drug-likeness (QED) is 0.867. The molecular formula is C23H29N3O2. The normalized spacial score (nSPS) is 21.6. The van der Waals surface area contributed by atoms with Crippen LogP contribution in [0.4, 0.5) is 0 Å². The van der Waals surface area contributed by atoms with Crippen molar-refractivity contribution in [2.75, 3.05) is 13.1 Å². The van der Waals surface area contributed by atoms with E-state index in [9.17, 15) is 9.59 Å². The van der Waals surface area contributed by atoms with Crippen LogP contribution >= 0.6 is 0 Å². The van der Waals surface area contributed by atoms with E-state index in [1.807, 2.05) is 11.0 Å². The van der Waals surface area contributed by atoms with Crippen LogP contribution in [0.25, 0.3) is 5.57 Å². The molecule has 1 N–H and O–H groups in total. The van der Waals surface area contributed by atoms with E-state index in [1.165, 1.54) is 19.3 Å². The van der Waals surface area contributed by atoms with E-state index in [0.717, 1.165) is 50.0 Å². The smallest absolute Gasteiger partial charge is 0.253 e. The first-order valence-electron chi connectivity index (χ1n) is 10.5. The molecule has 1 saturated carbocycles. The third-order valence-electron chi connectivity index (χ3n) is 6.58. The Morgan fingerprint density at radius 3 is 2.50 bits per heavy atom. The molecule has 1 aromatic rings. The molecule has 0 radical (unpaired) electrons. The summed E-state index contributed by atoms with van der Waals surface area (Å²) in [6, 6.07) is 3.12. The van der Waals surface area contributed by atoms with Crippen LogP contribution in [0.2, 0.25) is 0 Å². The Labute approximate surface area is 166 Å². The number of carbonyl (C=O) groups is 2. The van der Waals surface area contributed by atoms with Crippen LogP contribution in [-0.2, 0) is 4.79 Å². The molecule has 28 heavy (non-hydrogen) atoms. The molecule has 148 valence electrons. The van der Waals surface area contributed by atoms with Crippen molar-refractivity contribution in [3.8, 4) is 0 Å². The lowest BCUT2D eigenvalue weighted by molar-refractivity contribution is -0.136. The zero-order valence-electron chi connectivity index (χ0n) is 16.6. The number of likely N-dealkylation sites (tertiary alicyclic amines) is 1. The highest BCUT2D eigenvalue weighted by atomic mass is 16.2. The Balaban J connectivity index is 1.32. The fourth-order valence-electron chi connectivity index (χ4n) is 4.50. The van der Waals surface area contributed by atoms with Crippen LogP contribution in [0.5, 0.6) is 0 Å². The molecule has 1 atom stereocenters. The van der Waals surface area contributed by atoms with E-state index in [1.54, 1.807) is 19.2 Å². The maximum absolute atomic E-state index is 12.7. The molecule has 0 bridgehead atoms. The van der Waals surface area contributed by atoms with Gasteiger partial charge in [0.25, 0.3) is 5.91 Å². The molecule has 2 aliphatic carbocycles. The van der Waals surface area contributed by atoms with E-state index in [2.05, 4.69) is 28.5 Å². The fraction of sp³-hybridized carbons (Fsp3) is 0.522. The summed E-state index contributed by atoms with van der Waals surface area (Å²) in [5.41, 5.74) is 2.96. The van der Waals surface area contributed by atoms with Gasteiger partial charge in [-0.2, -0.15) is 0 Å². The molecular weight excluding hydrogens is 350 g/mol. The van der Waals surface area contributed by atoms with Crippen LogP contribution in [0.15, 0.2) is 36.6 Å². The number of pyridine rings is 1. The van der Waals surface area contributed by atoms with Crippen molar-refractivity contribution in [1.29, 1.82) is 0 Å². The molecule has 2 amide bonds. The van der Waals surface area contributed by atoms with Gasteiger partial charge in [-0.1, -0.05) is 24.6 Å². The van der Waals surface area contributed by atoms with Gasteiger partial charge in [0.2, 0.25) is 5.91 Å². The monoisotopic (exact) mass is 379 g/mol. The fourth-order valence-corrected chi connectivity index (χ4v) is 4.50. The first-order valence-corrected chi connectivity index (χ1v) is 10.5. The molecule has 4 rings (SSSR count). The number of hydrogen-bond donors (Lipinski definition) is 1. The largest absolute Gasteiger partial charge is 0.341 e. The van der Waals surface area contributed by atoms with Gasteiger partial charge in [0, 0.05) is 19.3 Å². The van der Waals surface area contributed by atoms with Crippen molar-refractivity contribution in [2.24, 2.45) is 5.41 Å². The summed E-state index contributed by atoms with van der Waals surface area (Å²) in [4.78, 5) is 31.6. The number of hydrogen-bond acceptors (Lipinski definition) is 3. The number of carbonyl (C=O) groups excluding carboxylic acids is 2. The van der Waals surface area contributed by atoms with Crippen molar-refractivity contribution in [3.63, 3.8) is 0 Å². The van der Waals surface area contributed by atoms with E-state index >= 15 is 0 Å². The number of amides is 2. The molecule has 1 unspecified atom stereocenters. The standard InChI is InChI=1S/C23H29N3O2/c1-17(22(28)26-14-12-23(13-15-26)10-5-11-23)25-21(27)19-8-9-20(24-16-19)18-6-3-2-4-7-18/h3,6-9,16-17H,2,4-5,10-15H2,1H3,(H,25,27). The maximum Gasteiger partial charge on any atom is 0.253 e. The lowest BCUT2D eigenvalue weighted by Crippen LogP contribution is -2.52. The zero-order chi connectivity index (χ0) is 19.6. The highest BCUT2D eigenvalue weighted by Gasteiger charge is 2.40. The predicted octanol–water partition coefficient (Wildman–Crippen LogP) is 3.73. The number of rotatable bonds is 4. The van der Waals surface area contributed by atoms with Crippen LogP contribution in [0.1, 0.15) is 67.9 Å². The highest BCUT2D eigenvalue weighted by Crippen LogP contribution is 2.48. The lowest BCUT2D eigenvalue weighted by atomic mass is 9.63. The second-order valence-electron chi connectivity index (χ2n) is 8.45. The van der Waals surface area contributed by atoms with Gasteiger partial charge in [0.05, 0.1) is 11.3 Å². The summed E-state index contributed by atoms with van der Waals surface area (Å²) in [5, 5.41) is 2.84. The third-order valence-corrected chi connectivity index (χ3v) is 6.58. The van der Waals surface area contributed by atoms with Gasteiger partial charge >= 0.3 is 0 Å². The minimum atomic E-state index is -0.522. The number of nitrogens with zero attached hydrogens (tertiary/aromatic N) is 2. The van der Waals surface area contributed by atoms with E-state index in [4.69, 9.17) is 0 Å². The van der Waals surface area contributed by atoms with Crippen molar-refractivity contribution >= 4 is 17.4 Å². The summed E-state index contributed by atoms with van der Waals surface area (Å²) in [6.45, 7) is 3.41. The van der Waals surface area contributed by atoms with Crippen LogP contribution < -0.4 is 5.32 Å². The Morgan fingerprint density at radius 2 is 1.93 bits per heavy atom. The van der Waals surface area contributed by atoms with Gasteiger partial charge in [-0.3, -0.25) is 14.6 Å². The highest BCUT2D eigenvalue weighted by molar-refractivity contribution is 5.97. The number of allylic oxidation sites excluding steroid dienone is 4. The Morgan fingerprint density at radius 1 is 1.14 bits per heavy atom. The molecule has 5 heteroatoms. The molecule has 3 aliphatic rings. The number of aromatic nitrogens is 1. The molecule has 1 saturated heterocycles. The van der Waals surface area contributed by atoms with E-state index < -0.39 is 6.04 Å². The molecule has 1 aliphatic heterocycles. The molecule has 2 fully saturated rings. The topological polar surface area (TPSA) is 62.3 Å². The van der Waals surface area contributed by atoms with Crippen molar-refractivity contribution in [2.45, 2.75) is 57.9 Å². The van der Waals surface area contributed by atoms with Crippen molar-refractivity contribution in [1.82, 2.24) is 15.2 Å². The second kappa shape index (κ2) is 7.90. The third kappa shape index (κ3) is 3.89. The van der Waals surface area contributed by atoms with Gasteiger partial charge in [0.15, 0.2) is 0 Å². The van der Waals surface area contributed by atoms with E-state index in [0.29, 0.717) is 11.0 Å². The van der Waals surface area contributed by atoms with Gasteiger partial charge in [-0.25, -0.2) is 0 Å². The Bertz CT molecular complexity index is 796. The second-order valence-corrected chi connectivity index (χ2v) is 8.45.